The first-order valence-corrected chi connectivity index (χ1v) is 5.54. The maximum atomic E-state index is 12.0. The Morgan fingerprint density at radius 2 is 1.72 bits per heavy atom. The Morgan fingerprint density at radius 1 is 1.11 bits per heavy atom. The van der Waals surface area contributed by atoms with Gasteiger partial charge < -0.3 is 7.43 Å². The molecule has 1 aromatic carbocycles. The van der Waals surface area contributed by atoms with Crippen LogP contribution in [0.4, 0.5) is 4.39 Å². The van der Waals surface area contributed by atoms with Crippen molar-refractivity contribution in [2.75, 3.05) is 6.67 Å². The Balaban J connectivity index is 0. The molecule has 2 nitrogen and oxygen atoms in total. The largest absolute Gasteiger partial charge is 0.358 e. The van der Waals surface area contributed by atoms with Crippen LogP contribution in [0.5, 0.6) is 0 Å². The molecule has 0 aliphatic carbocycles. The third kappa shape index (κ3) is 5.88. The summed E-state index contributed by atoms with van der Waals surface area (Å²) >= 11 is 0. The average Bonchev–Trinajstić information content (AvgIpc) is 2.82. The van der Waals surface area contributed by atoms with Gasteiger partial charge in [0, 0.05) is 44.5 Å². The van der Waals surface area contributed by atoms with Gasteiger partial charge in [-0.15, -0.1) is 0 Å². The molecule has 0 aliphatic heterocycles. The Hall–Kier alpha value is -0.536. The van der Waals surface area contributed by atoms with E-state index >= 15 is 0 Å². The van der Waals surface area contributed by atoms with E-state index in [1.165, 1.54) is 0 Å². The van der Waals surface area contributed by atoms with Gasteiger partial charge in [0.15, 0.2) is 0 Å². The zero-order chi connectivity index (χ0) is 11.8. The third-order valence-electron chi connectivity index (χ3n) is 2.05. The third-order valence-corrected chi connectivity index (χ3v) is 2.05. The number of alkyl halides is 1. The van der Waals surface area contributed by atoms with Crippen LogP contribution < -0.4 is 0 Å². The molecule has 0 amide bonds. The molecular weight excluding hydrogens is 304 g/mol. The zero-order valence-electron chi connectivity index (χ0n) is 11.3. The quantitative estimate of drug-likeness (QED) is 0.781. The Morgan fingerprint density at radius 3 is 2.28 bits per heavy atom. The molecule has 1 radical (unpaired) electrons. The van der Waals surface area contributed by atoms with Crippen molar-refractivity contribution >= 4 is 0 Å². The summed E-state index contributed by atoms with van der Waals surface area (Å²) in [5.74, 6) is 0. The van der Waals surface area contributed by atoms with E-state index in [9.17, 15) is 4.39 Å². The van der Waals surface area contributed by atoms with Gasteiger partial charge in [-0.3, -0.25) is 4.68 Å². The van der Waals surface area contributed by atoms with Gasteiger partial charge in [0.2, 0.25) is 0 Å². The summed E-state index contributed by atoms with van der Waals surface area (Å²) in [5, 5.41) is 4.06. The SMILES string of the molecule is CC.FCCn1cc(-c2ccccc2)cn1.[CH3-].[Y]. The molecular formula is C14H20FN2Y-. The van der Waals surface area contributed by atoms with Gasteiger partial charge in [0.05, 0.1) is 12.7 Å². The molecule has 1 heterocycles. The van der Waals surface area contributed by atoms with E-state index in [0.717, 1.165) is 11.1 Å². The molecule has 2 rings (SSSR count). The minimum Gasteiger partial charge on any atom is -0.358 e. The van der Waals surface area contributed by atoms with Crippen LogP contribution >= 0.6 is 0 Å². The normalized spacial score (nSPS) is 8.39. The number of hydrogen-bond donors (Lipinski definition) is 0. The molecule has 97 valence electrons. The topological polar surface area (TPSA) is 17.8 Å². The number of aryl methyl sites for hydroxylation is 1. The molecule has 2 aromatic rings. The molecule has 0 bridgehead atoms. The fourth-order valence-electron chi connectivity index (χ4n) is 1.35. The molecule has 0 aliphatic rings. The number of halogens is 1. The molecule has 0 atom stereocenters. The van der Waals surface area contributed by atoms with Crippen molar-refractivity contribution < 1.29 is 37.1 Å². The van der Waals surface area contributed by atoms with E-state index in [0.29, 0.717) is 6.54 Å². The number of rotatable bonds is 3. The van der Waals surface area contributed by atoms with Gasteiger partial charge in [-0.25, -0.2) is 4.39 Å². The van der Waals surface area contributed by atoms with E-state index in [-0.39, 0.29) is 46.8 Å². The van der Waals surface area contributed by atoms with E-state index in [4.69, 9.17) is 0 Å². The summed E-state index contributed by atoms with van der Waals surface area (Å²) in [6.45, 7) is 3.95. The van der Waals surface area contributed by atoms with Crippen LogP contribution in [0.15, 0.2) is 42.7 Å². The summed E-state index contributed by atoms with van der Waals surface area (Å²) in [7, 11) is 0. The second-order valence-electron chi connectivity index (χ2n) is 3.05. The first kappa shape index (κ1) is 19.8. The monoisotopic (exact) mass is 324 g/mol. The molecule has 0 spiro atoms. The maximum absolute atomic E-state index is 12.0. The molecule has 0 unspecified atom stereocenters. The zero-order valence-corrected chi connectivity index (χ0v) is 14.1. The predicted octanol–water partition coefficient (Wildman–Crippen LogP) is 3.99. The van der Waals surface area contributed by atoms with Crippen molar-refractivity contribution in [3.05, 3.63) is 50.2 Å². The Kier molecular flexibility index (Phi) is 12.7. The number of nitrogens with zero attached hydrogens (tertiary/aromatic N) is 2. The maximum Gasteiger partial charge on any atom is 0.109 e. The van der Waals surface area contributed by atoms with Crippen LogP contribution in [0.3, 0.4) is 0 Å². The fraction of sp³-hybridized carbons (Fsp3) is 0.286. The molecule has 4 heteroatoms. The summed E-state index contributed by atoms with van der Waals surface area (Å²) in [6.07, 6.45) is 3.61. The van der Waals surface area contributed by atoms with Crippen LogP contribution in [-0.2, 0) is 39.3 Å². The van der Waals surface area contributed by atoms with Crippen molar-refractivity contribution in [2.45, 2.75) is 20.4 Å². The molecule has 0 saturated carbocycles. The van der Waals surface area contributed by atoms with Gasteiger partial charge in [0.25, 0.3) is 0 Å². The van der Waals surface area contributed by atoms with E-state index < -0.39 is 0 Å². The molecule has 18 heavy (non-hydrogen) atoms. The Bertz CT molecular complexity index is 401. The van der Waals surface area contributed by atoms with Crippen molar-refractivity contribution in [3.8, 4) is 11.1 Å². The predicted molar refractivity (Wildman–Crippen MR) is 71.4 cm³/mol. The minimum atomic E-state index is -0.379. The van der Waals surface area contributed by atoms with Crippen LogP contribution in [-0.4, -0.2) is 16.5 Å². The summed E-state index contributed by atoms with van der Waals surface area (Å²) in [6, 6.07) is 9.94. The molecule has 0 fully saturated rings. The molecule has 0 saturated heterocycles. The van der Waals surface area contributed by atoms with Gasteiger partial charge in [0.1, 0.15) is 6.67 Å². The average molecular weight is 324 g/mol. The van der Waals surface area contributed by atoms with Crippen molar-refractivity contribution in [1.29, 1.82) is 0 Å². The first-order chi connectivity index (χ1) is 7.90. The number of aromatic nitrogens is 2. The fourth-order valence-corrected chi connectivity index (χ4v) is 1.35. The van der Waals surface area contributed by atoms with Crippen LogP contribution in [0.1, 0.15) is 13.8 Å². The van der Waals surface area contributed by atoms with Crippen LogP contribution in [0.25, 0.3) is 11.1 Å². The summed E-state index contributed by atoms with van der Waals surface area (Å²) < 4.78 is 13.6. The van der Waals surface area contributed by atoms with E-state index in [2.05, 4.69) is 5.10 Å². The van der Waals surface area contributed by atoms with Gasteiger partial charge >= 0.3 is 0 Å². The minimum absolute atomic E-state index is 0. The van der Waals surface area contributed by atoms with Gasteiger partial charge in [-0.05, 0) is 5.56 Å². The molecule has 0 N–H and O–H groups in total. The van der Waals surface area contributed by atoms with E-state index in [1.54, 1.807) is 10.9 Å². The van der Waals surface area contributed by atoms with E-state index in [1.807, 2.05) is 50.4 Å². The Labute approximate surface area is 134 Å². The molecule has 1 aromatic heterocycles. The van der Waals surface area contributed by atoms with Crippen LogP contribution in [0.2, 0.25) is 0 Å². The second kappa shape index (κ2) is 11.5. The van der Waals surface area contributed by atoms with Crippen LogP contribution in [0, 0.1) is 7.43 Å². The number of benzene rings is 1. The smallest absolute Gasteiger partial charge is 0.109 e. The first-order valence-electron chi connectivity index (χ1n) is 5.54. The summed E-state index contributed by atoms with van der Waals surface area (Å²) in [5.41, 5.74) is 2.14. The summed E-state index contributed by atoms with van der Waals surface area (Å²) in [4.78, 5) is 0. The standard InChI is InChI=1S/C11H11FN2.C2H6.CH3.Y/c12-6-7-14-9-11(8-13-14)10-4-2-1-3-5-10;1-2;;/h1-5,8-9H,6-7H2;1-2H3;1H3;/q;;-1;. The van der Waals surface area contributed by atoms with Crippen molar-refractivity contribution in [3.63, 3.8) is 0 Å². The number of hydrogen-bond acceptors (Lipinski definition) is 1. The second-order valence-corrected chi connectivity index (χ2v) is 3.05. The van der Waals surface area contributed by atoms with Gasteiger partial charge in [-0.2, -0.15) is 5.10 Å². The van der Waals surface area contributed by atoms with Crippen molar-refractivity contribution in [2.24, 2.45) is 0 Å². The van der Waals surface area contributed by atoms with Gasteiger partial charge in [-0.1, -0.05) is 44.2 Å². The van der Waals surface area contributed by atoms with Crippen molar-refractivity contribution in [1.82, 2.24) is 9.78 Å².